The third kappa shape index (κ3) is 12.0. The summed E-state index contributed by atoms with van der Waals surface area (Å²) >= 11 is 0. The molecular formula is C19H38O5. The quantitative estimate of drug-likeness (QED) is 0.240. The van der Waals surface area contributed by atoms with Gasteiger partial charge in [0.1, 0.15) is 0 Å². The maximum absolute atomic E-state index is 11.6. The summed E-state index contributed by atoms with van der Waals surface area (Å²) in [6, 6.07) is 0. The Morgan fingerprint density at radius 1 is 0.792 bits per heavy atom. The Balaban J connectivity index is 3.38. The van der Waals surface area contributed by atoms with Gasteiger partial charge in [0.25, 0.3) is 0 Å². The number of unbranched alkanes of at least 4 members (excludes halogenated alkanes) is 12. The number of Topliss-reactive ketones (excluding diaryl/α,β-unsaturated/α-hetero) is 1. The second-order valence-electron chi connectivity index (χ2n) is 6.90. The topological polar surface area (TPSA) is 98.0 Å². The first-order chi connectivity index (χ1) is 11.5. The van der Waals surface area contributed by atoms with Crippen LogP contribution >= 0.6 is 0 Å². The number of hydrogen-bond acceptors (Lipinski definition) is 5. The minimum atomic E-state index is -2.73. The molecule has 0 aliphatic heterocycles. The van der Waals surface area contributed by atoms with Gasteiger partial charge >= 0.3 is 0 Å². The molecule has 0 spiro atoms. The molecule has 144 valence electrons. The Kier molecular flexibility index (Phi) is 14.5. The molecule has 5 nitrogen and oxygen atoms in total. The van der Waals surface area contributed by atoms with Crippen LogP contribution in [0.25, 0.3) is 0 Å². The molecule has 0 aromatic heterocycles. The zero-order chi connectivity index (χ0) is 18.3. The fourth-order valence-corrected chi connectivity index (χ4v) is 2.80. The van der Waals surface area contributed by atoms with Crippen molar-refractivity contribution in [2.45, 2.75) is 109 Å². The predicted octanol–water partition coefficient (Wildman–Crippen LogP) is 3.07. The summed E-state index contributed by atoms with van der Waals surface area (Å²) in [6.45, 7) is 1.18. The third-order valence-electron chi connectivity index (χ3n) is 4.50. The highest BCUT2D eigenvalue weighted by molar-refractivity contribution is 5.83. The lowest BCUT2D eigenvalue weighted by Crippen LogP contribution is -2.49. The zero-order valence-corrected chi connectivity index (χ0v) is 15.4. The van der Waals surface area contributed by atoms with E-state index in [0.717, 1.165) is 19.3 Å². The molecular weight excluding hydrogens is 308 g/mol. The van der Waals surface area contributed by atoms with E-state index in [0.29, 0.717) is 6.42 Å². The molecule has 0 fully saturated rings. The normalized spacial score (nSPS) is 13.2. The average molecular weight is 347 g/mol. The van der Waals surface area contributed by atoms with E-state index in [-0.39, 0.29) is 6.42 Å². The van der Waals surface area contributed by atoms with Gasteiger partial charge in [-0.15, -0.1) is 0 Å². The first-order valence-corrected chi connectivity index (χ1v) is 9.72. The molecule has 1 unspecified atom stereocenters. The molecule has 24 heavy (non-hydrogen) atoms. The van der Waals surface area contributed by atoms with Crippen LogP contribution in [0, 0.1) is 0 Å². The summed E-state index contributed by atoms with van der Waals surface area (Å²) < 4.78 is 0. The first-order valence-electron chi connectivity index (χ1n) is 9.72. The summed E-state index contributed by atoms with van der Waals surface area (Å²) in [7, 11) is 0. The highest BCUT2D eigenvalue weighted by Gasteiger charge is 2.37. The lowest BCUT2D eigenvalue weighted by atomic mass is 10.0. The monoisotopic (exact) mass is 346 g/mol. The fraction of sp³-hybridized carbons (Fsp3) is 0.947. The molecule has 0 aliphatic rings. The molecule has 0 bridgehead atoms. The van der Waals surface area contributed by atoms with Crippen molar-refractivity contribution in [3.8, 4) is 0 Å². The molecule has 5 heteroatoms. The van der Waals surface area contributed by atoms with Crippen molar-refractivity contribution in [1.82, 2.24) is 0 Å². The van der Waals surface area contributed by atoms with E-state index in [1.165, 1.54) is 57.8 Å². The summed E-state index contributed by atoms with van der Waals surface area (Å²) in [5.74, 6) is -3.36. The van der Waals surface area contributed by atoms with E-state index in [1.807, 2.05) is 0 Å². The van der Waals surface area contributed by atoms with Crippen LogP contribution in [-0.2, 0) is 4.79 Å². The number of aliphatic hydroxyl groups excluding tert-OH is 2. The third-order valence-corrected chi connectivity index (χ3v) is 4.50. The number of ketones is 1. The highest BCUT2D eigenvalue weighted by Crippen LogP contribution is 2.14. The van der Waals surface area contributed by atoms with Gasteiger partial charge in [0.05, 0.1) is 6.61 Å². The van der Waals surface area contributed by atoms with Gasteiger partial charge in [-0.2, -0.15) is 0 Å². The van der Waals surface area contributed by atoms with Crippen molar-refractivity contribution in [2.24, 2.45) is 0 Å². The van der Waals surface area contributed by atoms with Crippen LogP contribution in [0.15, 0.2) is 0 Å². The van der Waals surface area contributed by atoms with Crippen LogP contribution in [-0.4, -0.2) is 44.7 Å². The lowest BCUT2D eigenvalue weighted by molar-refractivity contribution is -0.238. The van der Waals surface area contributed by atoms with Crippen molar-refractivity contribution >= 4 is 5.78 Å². The van der Waals surface area contributed by atoms with Crippen LogP contribution in [0.4, 0.5) is 0 Å². The molecule has 0 heterocycles. The Hall–Kier alpha value is -0.490. The summed E-state index contributed by atoms with van der Waals surface area (Å²) in [5.41, 5.74) is 0. The van der Waals surface area contributed by atoms with Crippen LogP contribution in [0.3, 0.4) is 0 Å². The number of aliphatic hydroxyl groups is 4. The minimum Gasteiger partial charge on any atom is -0.391 e. The number of carbonyl (C=O) groups is 1. The van der Waals surface area contributed by atoms with Gasteiger partial charge in [0, 0.05) is 6.42 Å². The summed E-state index contributed by atoms with van der Waals surface area (Å²) in [4.78, 5) is 11.6. The average Bonchev–Trinajstić information content (AvgIpc) is 2.58. The zero-order valence-electron chi connectivity index (χ0n) is 15.4. The second kappa shape index (κ2) is 14.8. The molecule has 0 saturated carbocycles. The standard InChI is InChI=1S/C19H38O5/c1-2-3-4-5-6-7-8-9-10-11-12-13-14-15-17(21)18(22)19(23,24)16-20/h18,20,22-24H,2-16H2,1H3. The Labute approximate surface area is 147 Å². The summed E-state index contributed by atoms with van der Waals surface area (Å²) in [6.07, 6.45) is 13.8. The molecule has 0 aliphatic carbocycles. The molecule has 0 saturated heterocycles. The molecule has 0 radical (unpaired) electrons. The van der Waals surface area contributed by atoms with E-state index in [2.05, 4.69) is 6.92 Å². The van der Waals surface area contributed by atoms with Crippen LogP contribution in [0.5, 0.6) is 0 Å². The second-order valence-corrected chi connectivity index (χ2v) is 6.90. The van der Waals surface area contributed by atoms with Gasteiger partial charge in [-0.05, 0) is 6.42 Å². The van der Waals surface area contributed by atoms with E-state index in [9.17, 15) is 20.1 Å². The fourth-order valence-electron chi connectivity index (χ4n) is 2.80. The number of hydrogen-bond donors (Lipinski definition) is 4. The van der Waals surface area contributed by atoms with Crippen LogP contribution in [0.2, 0.25) is 0 Å². The van der Waals surface area contributed by atoms with Crippen LogP contribution in [0.1, 0.15) is 96.8 Å². The molecule has 1 atom stereocenters. The lowest BCUT2D eigenvalue weighted by Gasteiger charge is -2.23. The summed E-state index contributed by atoms with van der Waals surface area (Å²) in [5, 5.41) is 36.5. The SMILES string of the molecule is CCCCCCCCCCCCCCCC(=O)C(O)C(O)(O)CO. The Morgan fingerprint density at radius 2 is 1.17 bits per heavy atom. The van der Waals surface area contributed by atoms with Crippen molar-refractivity contribution in [2.75, 3.05) is 6.61 Å². The van der Waals surface area contributed by atoms with Crippen molar-refractivity contribution < 1.29 is 25.2 Å². The maximum atomic E-state index is 11.6. The van der Waals surface area contributed by atoms with Gasteiger partial charge in [-0.1, -0.05) is 84.0 Å². The molecule has 4 N–H and O–H groups in total. The van der Waals surface area contributed by atoms with Crippen molar-refractivity contribution in [3.63, 3.8) is 0 Å². The Morgan fingerprint density at radius 3 is 1.54 bits per heavy atom. The maximum Gasteiger partial charge on any atom is 0.220 e. The van der Waals surface area contributed by atoms with Gasteiger partial charge in [0.2, 0.25) is 5.79 Å². The molecule has 0 aromatic carbocycles. The number of rotatable bonds is 17. The van der Waals surface area contributed by atoms with E-state index < -0.39 is 24.3 Å². The van der Waals surface area contributed by atoms with Gasteiger partial charge in [0.15, 0.2) is 11.9 Å². The van der Waals surface area contributed by atoms with Gasteiger partial charge in [-0.3, -0.25) is 4.79 Å². The van der Waals surface area contributed by atoms with Crippen molar-refractivity contribution in [3.05, 3.63) is 0 Å². The molecule has 0 aromatic rings. The van der Waals surface area contributed by atoms with Crippen LogP contribution < -0.4 is 0 Å². The van der Waals surface area contributed by atoms with E-state index >= 15 is 0 Å². The van der Waals surface area contributed by atoms with Gasteiger partial charge < -0.3 is 20.4 Å². The highest BCUT2D eigenvalue weighted by atomic mass is 16.5. The van der Waals surface area contributed by atoms with E-state index in [1.54, 1.807) is 0 Å². The smallest absolute Gasteiger partial charge is 0.220 e. The molecule has 0 rings (SSSR count). The number of carbonyl (C=O) groups excluding carboxylic acids is 1. The van der Waals surface area contributed by atoms with Gasteiger partial charge in [-0.25, -0.2) is 0 Å². The van der Waals surface area contributed by atoms with Crippen molar-refractivity contribution in [1.29, 1.82) is 0 Å². The minimum absolute atomic E-state index is 0.113. The van der Waals surface area contributed by atoms with E-state index in [4.69, 9.17) is 5.11 Å². The Bertz CT molecular complexity index is 304. The molecule has 0 amide bonds. The first kappa shape index (κ1) is 23.5. The predicted molar refractivity (Wildman–Crippen MR) is 95.6 cm³/mol. The largest absolute Gasteiger partial charge is 0.391 e.